The number of halogens is 1. The van der Waals surface area contributed by atoms with Crippen molar-refractivity contribution in [3.05, 3.63) is 11.1 Å². The lowest BCUT2D eigenvalue weighted by Crippen LogP contribution is -2.29. The molecule has 0 atom stereocenters. The molecule has 0 rings (SSSR count). The standard InChI is InChI=1S/C8H13ClN2O2/c1-4-13-8(12)11-7(10-3)5-6(2)9/h5H,4H2,1-3H3,(H,10,11,12)/b6-5+. The van der Waals surface area contributed by atoms with Gasteiger partial charge < -0.3 is 4.74 Å². The monoisotopic (exact) mass is 204 g/mol. The molecule has 74 valence electrons. The molecule has 0 aromatic carbocycles. The van der Waals surface area contributed by atoms with Crippen LogP contribution in [0.3, 0.4) is 0 Å². The van der Waals surface area contributed by atoms with Crippen molar-refractivity contribution in [3.63, 3.8) is 0 Å². The minimum absolute atomic E-state index is 0.326. The van der Waals surface area contributed by atoms with Crippen LogP contribution in [-0.2, 0) is 4.74 Å². The number of carbonyl (C=O) groups excluding carboxylic acids is 1. The molecular weight excluding hydrogens is 192 g/mol. The smallest absolute Gasteiger partial charge is 0.412 e. The normalized spacial score (nSPS) is 12.6. The number of amides is 1. The SMILES string of the molecule is CCOC(=O)NC(/C=C(\C)Cl)=NC. The molecule has 0 spiro atoms. The molecule has 0 saturated carbocycles. The summed E-state index contributed by atoms with van der Waals surface area (Å²) in [5, 5.41) is 2.97. The average Bonchev–Trinajstić information content (AvgIpc) is 2.02. The molecule has 1 amide bonds. The maximum Gasteiger partial charge on any atom is 0.412 e. The van der Waals surface area contributed by atoms with Gasteiger partial charge in [0.15, 0.2) is 0 Å². The Morgan fingerprint density at radius 1 is 1.69 bits per heavy atom. The highest BCUT2D eigenvalue weighted by Crippen LogP contribution is 1.97. The Kier molecular flexibility index (Phi) is 5.97. The van der Waals surface area contributed by atoms with Crippen LogP contribution >= 0.6 is 11.6 Å². The van der Waals surface area contributed by atoms with Gasteiger partial charge in [-0.05, 0) is 19.9 Å². The molecule has 0 fully saturated rings. The number of alkyl carbamates (subject to hydrolysis) is 1. The van der Waals surface area contributed by atoms with E-state index in [1.165, 1.54) is 0 Å². The maximum absolute atomic E-state index is 10.9. The van der Waals surface area contributed by atoms with Gasteiger partial charge in [0.1, 0.15) is 5.84 Å². The molecule has 0 aliphatic heterocycles. The number of aliphatic imine (C=N–C) groups is 1. The van der Waals surface area contributed by atoms with Gasteiger partial charge in [-0.3, -0.25) is 10.3 Å². The fourth-order valence-corrected chi connectivity index (χ4v) is 0.720. The molecule has 0 aromatic heterocycles. The van der Waals surface area contributed by atoms with Crippen molar-refractivity contribution in [3.8, 4) is 0 Å². The van der Waals surface area contributed by atoms with Crippen molar-refractivity contribution in [2.24, 2.45) is 4.99 Å². The van der Waals surface area contributed by atoms with Gasteiger partial charge in [-0.15, -0.1) is 0 Å². The number of hydrogen-bond acceptors (Lipinski definition) is 3. The number of hydrogen-bond donors (Lipinski definition) is 1. The zero-order valence-corrected chi connectivity index (χ0v) is 8.68. The molecule has 0 radical (unpaired) electrons. The van der Waals surface area contributed by atoms with Crippen molar-refractivity contribution >= 4 is 23.5 Å². The zero-order valence-electron chi connectivity index (χ0n) is 7.93. The van der Waals surface area contributed by atoms with E-state index < -0.39 is 6.09 Å². The topological polar surface area (TPSA) is 50.7 Å². The number of allylic oxidation sites excluding steroid dienone is 1. The number of nitrogens with one attached hydrogen (secondary N) is 1. The maximum atomic E-state index is 10.9. The molecule has 1 N–H and O–H groups in total. The lowest BCUT2D eigenvalue weighted by atomic mass is 10.5. The molecule has 0 aliphatic rings. The number of carbonyl (C=O) groups is 1. The summed E-state index contributed by atoms with van der Waals surface area (Å²) in [6, 6.07) is 0. The summed E-state index contributed by atoms with van der Waals surface area (Å²) >= 11 is 5.60. The highest BCUT2D eigenvalue weighted by molar-refractivity contribution is 6.31. The Labute approximate surface area is 82.6 Å². The van der Waals surface area contributed by atoms with E-state index in [0.717, 1.165) is 0 Å². The number of amidine groups is 1. The largest absolute Gasteiger partial charge is 0.450 e. The highest BCUT2D eigenvalue weighted by Gasteiger charge is 2.02. The summed E-state index contributed by atoms with van der Waals surface area (Å²) in [5.41, 5.74) is 0. The Hall–Kier alpha value is -1.03. The number of rotatable bonds is 2. The molecule has 0 aromatic rings. The lowest BCUT2D eigenvalue weighted by Gasteiger charge is -2.03. The Bertz CT molecular complexity index is 232. The van der Waals surface area contributed by atoms with Gasteiger partial charge in [0.2, 0.25) is 0 Å². The summed E-state index contributed by atoms with van der Waals surface area (Å²) in [5.74, 6) is 0.381. The van der Waals surface area contributed by atoms with Crippen LogP contribution in [0.1, 0.15) is 13.8 Å². The van der Waals surface area contributed by atoms with Crippen molar-refractivity contribution in [2.75, 3.05) is 13.7 Å². The third kappa shape index (κ3) is 6.16. The molecular formula is C8H13ClN2O2. The van der Waals surface area contributed by atoms with Crippen molar-refractivity contribution in [1.29, 1.82) is 0 Å². The number of nitrogens with zero attached hydrogens (tertiary/aromatic N) is 1. The molecule has 13 heavy (non-hydrogen) atoms. The molecule has 0 saturated heterocycles. The second kappa shape index (κ2) is 6.48. The van der Waals surface area contributed by atoms with Crippen molar-refractivity contribution < 1.29 is 9.53 Å². The molecule has 5 heteroatoms. The van der Waals surface area contributed by atoms with E-state index in [4.69, 9.17) is 11.6 Å². The van der Waals surface area contributed by atoms with E-state index in [9.17, 15) is 4.79 Å². The van der Waals surface area contributed by atoms with Gasteiger partial charge in [0, 0.05) is 12.1 Å². The fraction of sp³-hybridized carbons (Fsp3) is 0.500. The van der Waals surface area contributed by atoms with Crippen LogP contribution < -0.4 is 5.32 Å². The summed E-state index contributed by atoms with van der Waals surface area (Å²) in [7, 11) is 1.55. The summed E-state index contributed by atoms with van der Waals surface area (Å²) in [6.07, 6.45) is 1.01. The van der Waals surface area contributed by atoms with Crippen LogP contribution in [0, 0.1) is 0 Å². The van der Waals surface area contributed by atoms with Crippen LogP contribution in [0.25, 0.3) is 0 Å². The van der Waals surface area contributed by atoms with Gasteiger partial charge in [0.05, 0.1) is 6.61 Å². The predicted octanol–water partition coefficient (Wildman–Crippen LogP) is 1.90. The van der Waals surface area contributed by atoms with E-state index in [0.29, 0.717) is 17.5 Å². The van der Waals surface area contributed by atoms with Crippen molar-refractivity contribution in [1.82, 2.24) is 5.32 Å². The molecule has 0 aliphatic carbocycles. The van der Waals surface area contributed by atoms with E-state index >= 15 is 0 Å². The van der Waals surface area contributed by atoms with Gasteiger partial charge in [0.25, 0.3) is 0 Å². The first kappa shape index (κ1) is 12.0. The zero-order chi connectivity index (χ0) is 10.3. The van der Waals surface area contributed by atoms with Crippen LogP contribution in [0.15, 0.2) is 16.1 Å². The summed E-state index contributed by atoms with van der Waals surface area (Å²) in [4.78, 5) is 14.7. The Morgan fingerprint density at radius 2 is 2.31 bits per heavy atom. The van der Waals surface area contributed by atoms with Crippen LogP contribution in [0.2, 0.25) is 0 Å². The lowest BCUT2D eigenvalue weighted by molar-refractivity contribution is 0.158. The minimum atomic E-state index is -0.530. The summed E-state index contributed by atoms with van der Waals surface area (Å²) < 4.78 is 4.65. The highest BCUT2D eigenvalue weighted by atomic mass is 35.5. The molecule has 0 bridgehead atoms. The molecule has 0 heterocycles. The third-order valence-electron chi connectivity index (χ3n) is 1.08. The second-order valence-corrected chi connectivity index (χ2v) is 2.78. The van der Waals surface area contributed by atoms with E-state index in [2.05, 4.69) is 15.0 Å². The first-order chi connectivity index (χ1) is 6.10. The van der Waals surface area contributed by atoms with Gasteiger partial charge in [-0.25, -0.2) is 4.79 Å². The first-order valence-electron chi connectivity index (χ1n) is 3.84. The second-order valence-electron chi connectivity index (χ2n) is 2.19. The fourth-order valence-electron chi connectivity index (χ4n) is 0.617. The number of ether oxygens (including phenoxy) is 1. The van der Waals surface area contributed by atoms with Crippen LogP contribution in [0.5, 0.6) is 0 Å². The Morgan fingerprint density at radius 3 is 2.69 bits per heavy atom. The quantitative estimate of drug-likeness (QED) is 0.552. The van der Waals surface area contributed by atoms with Gasteiger partial charge >= 0.3 is 6.09 Å². The molecule has 4 nitrogen and oxygen atoms in total. The van der Waals surface area contributed by atoms with E-state index in [1.54, 1.807) is 27.0 Å². The molecule has 0 unspecified atom stereocenters. The van der Waals surface area contributed by atoms with Crippen LogP contribution in [0.4, 0.5) is 4.79 Å². The van der Waals surface area contributed by atoms with Crippen molar-refractivity contribution in [2.45, 2.75) is 13.8 Å². The van der Waals surface area contributed by atoms with Crippen LogP contribution in [-0.4, -0.2) is 25.6 Å². The Balaban J connectivity index is 4.16. The average molecular weight is 205 g/mol. The predicted molar refractivity (Wildman–Crippen MR) is 53.1 cm³/mol. The minimum Gasteiger partial charge on any atom is -0.450 e. The van der Waals surface area contributed by atoms with Gasteiger partial charge in [-0.1, -0.05) is 11.6 Å². The van der Waals surface area contributed by atoms with Gasteiger partial charge in [-0.2, -0.15) is 0 Å². The van der Waals surface area contributed by atoms with E-state index in [1.807, 2.05) is 0 Å². The summed E-state index contributed by atoms with van der Waals surface area (Å²) in [6.45, 7) is 3.75. The third-order valence-corrected chi connectivity index (χ3v) is 1.19. The van der Waals surface area contributed by atoms with E-state index in [-0.39, 0.29) is 0 Å². The first-order valence-corrected chi connectivity index (χ1v) is 4.22.